The molecule has 15 heavy (non-hydrogen) atoms. The Balaban J connectivity index is 2.22. The van der Waals surface area contributed by atoms with E-state index in [1.54, 1.807) is 18.6 Å². The van der Waals surface area contributed by atoms with E-state index in [4.69, 9.17) is 5.73 Å². The number of nitrogens with zero attached hydrogens (tertiary/aromatic N) is 2. The van der Waals surface area contributed by atoms with Crippen molar-refractivity contribution in [1.82, 2.24) is 9.88 Å². The fourth-order valence-electron chi connectivity index (χ4n) is 1.46. The van der Waals surface area contributed by atoms with E-state index in [9.17, 15) is 4.79 Å². The molecule has 0 aliphatic carbocycles. The second-order valence-electron chi connectivity index (χ2n) is 3.24. The number of hydrogen-bond acceptors (Lipinski definition) is 2. The van der Waals surface area contributed by atoms with Crippen molar-refractivity contribution in [2.75, 3.05) is 6.54 Å². The number of rotatable bonds is 1. The van der Waals surface area contributed by atoms with Crippen LogP contribution in [0.1, 0.15) is 5.56 Å². The highest BCUT2D eigenvalue weighted by Gasteiger charge is 2.12. The quantitative estimate of drug-likeness (QED) is 0.746. The molecule has 4 nitrogen and oxygen atoms in total. The van der Waals surface area contributed by atoms with Gasteiger partial charge in [0.05, 0.1) is 6.54 Å². The number of carbonyl (C=O) groups is 1. The fourth-order valence-corrected chi connectivity index (χ4v) is 1.46. The molecule has 0 unspecified atom stereocenters. The van der Waals surface area contributed by atoms with Gasteiger partial charge in [0.2, 0.25) is 0 Å². The van der Waals surface area contributed by atoms with Gasteiger partial charge >= 0.3 is 6.03 Å². The Hall–Kier alpha value is -2.10. The standard InChI is InChI=1S/C11H11N3O/c12-11(15)14-7-1-2-10(8-14)9-3-5-13-6-4-9/h1-7H,8H2,(H2,12,15). The summed E-state index contributed by atoms with van der Waals surface area (Å²) < 4.78 is 0. The van der Waals surface area contributed by atoms with Gasteiger partial charge in [0.15, 0.2) is 0 Å². The van der Waals surface area contributed by atoms with Crippen molar-refractivity contribution < 1.29 is 4.79 Å². The highest BCUT2D eigenvalue weighted by molar-refractivity contribution is 5.79. The van der Waals surface area contributed by atoms with E-state index in [0.717, 1.165) is 11.1 Å². The lowest BCUT2D eigenvalue weighted by Gasteiger charge is -2.20. The summed E-state index contributed by atoms with van der Waals surface area (Å²) in [5.74, 6) is 0. The third-order valence-corrected chi connectivity index (χ3v) is 2.24. The monoisotopic (exact) mass is 201 g/mol. The molecule has 2 amide bonds. The van der Waals surface area contributed by atoms with Gasteiger partial charge in [0.25, 0.3) is 0 Å². The molecule has 2 rings (SSSR count). The van der Waals surface area contributed by atoms with Gasteiger partial charge in [-0.3, -0.25) is 9.88 Å². The van der Waals surface area contributed by atoms with E-state index >= 15 is 0 Å². The lowest BCUT2D eigenvalue weighted by Crippen LogP contribution is -2.33. The van der Waals surface area contributed by atoms with E-state index in [-0.39, 0.29) is 0 Å². The van der Waals surface area contributed by atoms with Crippen LogP contribution in [0.4, 0.5) is 4.79 Å². The molecule has 2 heterocycles. The summed E-state index contributed by atoms with van der Waals surface area (Å²) in [7, 11) is 0. The van der Waals surface area contributed by atoms with Crippen LogP contribution < -0.4 is 5.73 Å². The summed E-state index contributed by atoms with van der Waals surface area (Å²) >= 11 is 0. The fraction of sp³-hybridized carbons (Fsp3) is 0.0909. The molecular weight excluding hydrogens is 190 g/mol. The lowest BCUT2D eigenvalue weighted by atomic mass is 10.1. The van der Waals surface area contributed by atoms with E-state index in [0.29, 0.717) is 6.54 Å². The molecule has 1 aromatic rings. The topological polar surface area (TPSA) is 59.2 Å². The maximum Gasteiger partial charge on any atom is 0.319 e. The summed E-state index contributed by atoms with van der Waals surface area (Å²) in [5.41, 5.74) is 7.31. The van der Waals surface area contributed by atoms with Crippen molar-refractivity contribution in [3.63, 3.8) is 0 Å². The summed E-state index contributed by atoms with van der Waals surface area (Å²) in [4.78, 5) is 16.4. The second kappa shape index (κ2) is 3.96. The molecule has 0 fully saturated rings. The van der Waals surface area contributed by atoms with Crippen LogP contribution >= 0.6 is 0 Å². The zero-order valence-corrected chi connectivity index (χ0v) is 8.13. The largest absolute Gasteiger partial charge is 0.351 e. The number of hydrogen-bond donors (Lipinski definition) is 1. The number of urea groups is 1. The predicted molar refractivity (Wildman–Crippen MR) is 57.6 cm³/mol. The van der Waals surface area contributed by atoms with Crippen molar-refractivity contribution in [3.05, 3.63) is 48.4 Å². The third kappa shape index (κ3) is 2.04. The first kappa shape index (κ1) is 9.45. The lowest BCUT2D eigenvalue weighted by molar-refractivity contribution is 0.228. The van der Waals surface area contributed by atoms with Crippen molar-refractivity contribution in [2.24, 2.45) is 5.73 Å². The number of carbonyl (C=O) groups excluding carboxylic acids is 1. The molecule has 1 aromatic heterocycles. The maximum atomic E-state index is 11.0. The first-order valence-corrected chi connectivity index (χ1v) is 4.61. The Morgan fingerprint density at radius 3 is 2.80 bits per heavy atom. The minimum Gasteiger partial charge on any atom is -0.351 e. The Bertz CT molecular complexity index is 423. The molecule has 76 valence electrons. The van der Waals surface area contributed by atoms with Crippen LogP contribution in [0.25, 0.3) is 5.57 Å². The van der Waals surface area contributed by atoms with Gasteiger partial charge in [0.1, 0.15) is 0 Å². The first-order chi connectivity index (χ1) is 7.27. The molecule has 2 N–H and O–H groups in total. The van der Waals surface area contributed by atoms with Crippen LogP contribution in [0.2, 0.25) is 0 Å². The first-order valence-electron chi connectivity index (χ1n) is 4.61. The molecule has 0 atom stereocenters. The van der Waals surface area contributed by atoms with Gasteiger partial charge in [-0.1, -0.05) is 6.08 Å². The van der Waals surface area contributed by atoms with Gasteiger partial charge in [-0.05, 0) is 29.3 Å². The zero-order valence-electron chi connectivity index (χ0n) is 8.13. The number of amides is 2. The van der Waals surface area contributed by atoms with Crippen molar-refractivity contribution in [1.29, 1.82) is 0 Å². The number of nitrogens with two attached hydrogens (primary N) is 1. The van der Waals surface area contributed by atoms with E-state index in [2.05, 4.69) is 4.98 Å². The molecule has 0 saturated heterocycles. The molecule has 0 bridgehead atoms. The molecule has 0 saturated carbocycles. The second-order valence-corrected chi connectivity index (χ2v) is 3.24. The van der Waals surface area contributed by atoms with Gasteiger partial charge in [0, 0.05) is 18.6 Å². The zero-order chi connectivity index (χ0) is 10.7. The average molecular weight is 201 g/mol. The van der Waals surface area contributed by atoms with Crippen LogP contribution in [0, 0.1) is 0 Å². The van der Waals surface area contributed by atoms with E-state index in [1.165, 1.54) is 4.90 Å². The minimum atomic E-state index is -0.439. The molecule has 1 aliphatic heterocycles. The Labute approximate surface area is 87.7 Å². The van der Waals surface area contributed by atoms with Gasteiger partial charge < -0.3 is 5.73 Å². The molecule has 0 spiro atoms. The molecular formula is C11H11N3O. The third-order valence-electron chi connectivity index (χ3n) is 2.24. The van der Waals surface area contributed by atoms with Crippen LogP contribution in [-0.2, 0) is 0 Å². The summed E-state index contributed by atoms with van der Waals surface area (Å²) in [6, 6.07) is 3.37. The number of pyridine rings is 1. The van der Waals surface area contributed by atoms with Gasteiger partial charge in [-0.15, -0.1) is 0 Å². The molecule has 0 aromatic carbocycles. The average Bonchev–Trinajstić information content (AvgIpc) is 2.30. The molecule has 1 aliphatic rings. The van der Waals surface area contributed by atoms with Crippen LogP contribution in [-0.4, -0.2) is 22.5 Å². The molecule has 4 heteroatoms. The van der Waals surface area contributed by atoms with Crippen LogP contribution in [0.5, 0.6) is 0 Å². The maximum absolute atomic E-state index is 11.0. The highest BCUT2D eigenvalue weighted by atomic mass is 16.2. The van der Waals surface area contributed by atoms with Crippen molar-refractivity contribution in [2.45, 2.75) is 0 Å². The number of aromatic nitrogens is 1. The smallest absolute Gasteiger partial charge is 0.319 e. The Morgan fingerprint density at radius 1 is 1.40 bits per heavy atom. The Morgan fingerprint density at radius 2 is 2.13 bits per heavy atom. The Kier molecular flexibility index (Phi) is 2.49. The minimum absolute atomic E-state index is 0.439. The van der Waals surface area contributed by atoms with Crippen LogP contribution in [0.3, 0.4) is 0 Å². The van der Waals surface area contributed by atoms with Gasteiger partial charge in [-0.25, -0.2) is 4.79 Å². The number of primary amides is 1. The van der Waals surface area contributed by atoms with Crippen molar-refractivity contribution >= 4 is 11.6 Å². The van der Waals surface area contributed by atoms with Crippen molar-refractivity contribution in [3.8, 4) is 0 Å². The highest BCUT2D eigenvalue weighted by Crippen LogP contribution is 2.18. The summed E-state index contributed by atoms with van der Waals surface area (Å²) in [6.07, 6.45) is 8.90. The normalized spacial score (nSPS) is 14.9. The van der Waals surface area contributed by atoms with Crippen LogP contribution in [0.15, 0.2) is 42.9 Å². The van der Waals surface area contributed by atoms with E-state index in [1.807, 2.05) is 24.3 Å². The van der Waals surface area contributed by atoms with E-state index < -0.39 is 6.03 Å². The van der Waals surface area contributed by atoms with Gasteiger partial charge in [-0.2, -0.15) is 0 Å². The number of allylic oxidation sites excluding steroid dienone is 2. The summed E-state index contributed by atoms with van der Waals surface area (Å²) in [6.45, 7) is 0.510. The predicted octanol–water partition coefficient (Wildman–Crippen LogP) is 1.37. The summed E-state index contributed by atoms with van der Waals surface area (Å²) in [5, 5.41) is 0. The molecule has 0 radical (unpaired) electrons. The SMILES string of the molecule is NC(=O)N1C=CC=C(c2ccncc2)C1.